The maximum atomic E-state index is 4.27. The van der Waals surface area contributed by atoms with Crippen molar-refractivity contribution in [2.45, 2.75) is 13.0 Å². The van der Waals surface area contributed by atoms with Crippen molar-refractivity contribution in [3.63, 3.8) is 0 Å². The first kappa shape index (κ1) is 8.44. The largest absolute Gasteiger partial charge is 0.353 e. The van der Waals surface area contributed by atoms with Crippen LogP contribution in [0.4, 0.5) is 5.82 Å². The van der Waals surface area contributed by atoms with Gasteiger partial charge in [-0.05, 0) is 6.92 Å². The molecule has 70 valence electrons. The van der Waals surface area contributed by atoms with Crippen LogP contribution in [-0.4, -0.2) is 35.6 Å². The molecule has 0 amide bonds. The van der Waals surface area contributed by atoms with Crippen LogP contribution >= 0.6 is 0 Å². The van der Waals surface area contributed by atoms with Gasteiger partial charge < -0.3 is 10.2 Å². The molecule has 1 N–H and O–H groups in total. The van der Waals surface area contributed by atoms with Crippen LogP contribution in [0.5, 0.6) is 0 Å². The van der Waals surface area contributed by atoms with Gasteiger partial charge in [0.2, 0.25) is 0 Å². The van der Waals surface area contributed by atoms with Gasteiger partial charge in [0, 0.05) is 38.1 Å². The Bertz CT molecular complexity index is 262. The van der Waals surface area contributed by atoms with E-state index in [9.17, 15) is 0 Å². The molecular weight excluding hydrogens is 164 g/mol. The molecule has 1 aromatic rings. The Morgan fingerprint density at radius 3 is 3.15 bits per heavy atom. The Labute approximate surface area is 78.0 Å². The average Bonchev–Trinajstić information content (AvgIpc) is 2.19. The molecule has 1 unspecified atom stereocenters. The third-order valence-electron chi connectivity index (χ3n) is 2.24. The highest BCUT2D eigenvalue weighted by molar-refractivity contribution is 5.35. The van der Waals surface area contributed by atoms with Crippen molar-refractivity contribution in [3.8, 4) is 0 Å². The van der Waals surface area contributed by atoms with Gasteiger partial charge in [-0.15, -0.1) is 0 Å². The summed E-state index contributed by atoms with van der Waals surface area (Å²) >= 11 is 0. The van der Waals surface area contributed by atoms with E-state index in [0.717, 1.165) is 25.5 Å². The van der Waals surface area contributed by atoms with E-state index >= 15 is 0 Å². The molecule has 1 atom stereocenters. The van der Waals surface area contributed by atoms with E-state index < -0.39 is 0 Å². The molecule has 1 saturated heterocycles. The summed E-state index contributed by atoms with van der Waals surface area (Å²) in [6.07, 6.45) is 5.26. The van der Waals surface area contributed by atoms with Crippen molar-refractivity contribution in [1.82, 2.24) is 15.3 Å². The van der Waals surface area contributed by atoms with Crippen molar-refractivity contribution < 1.29 is 0 Å². The molecule has 0 aromatic carbocycles. The van der Waals surface area contributed by atoms with Crippen LogP contribution in [0.3, 0.4) is 0 Å². The molecule has 1 fully saturated rings. The molecule has 13 heavy (non-hydrogen) atoms. The van der Waals surface area contributed by atoms with E-state index in [0.29, 0.717) is 6.04 Å². The second kappa shape index (κ2) is 3.70. The second-order valence-electron chi connectivity index (χ2n) is 3.36. The third-order valence-corrected chi connectivity index (χ3v) is 2.24. The standard InChI is InChI=1S/C9H14N4/c1-8-7-13(5-4-11-8)9-6-10-2-3-12-9/h2-3,6,8,11H,4-5,7H2,1H3. The van der Waals surface area contributed by atoms with Crippen molar-refractivity contribution in [2.75, 3.05) is 24.5 Å². The van der Waals surface area contributed by atoms with Crippen molar-refractivity contribution in [1.29, 1.82) is 0 Å². The van der Waals surface area contributed by atoms with Crippen LogP contribution in [0.1, 0.15) is 6.92 Å². The Morgan fingerprint density at radius 2 is 2.46 bits per heavy atom. The van der Waals surface area contributed by atoms with E-state index in [1.165, 1.54) is 0 Å². The molecular formula is C9H14N4. The average molecular weight is 178 g/mol. The quantitative estimate of drug-likeness (QED) is 0.670. The summed E-state index contributed by atoms with van der Waals surface area (Å²) < 4.78 is 0. The number of hydrogen-bond acceptors (Lipinski definition) is 4. The highest BCUT2D eigenvalue weighted by Gasteiger charge is 2.16. The minimum Gasteiger partial charge on any atom is -0.353 e. The van der Waals surface area contributed by atoms with Crippen LogP contribution in [0.15, 0.2) is 18.6 Å². The van der Waals surface area contributed by atoms with Crippen LogP contribution < -0.4 is 10.2 Å². The summed E-state index contributed by atoms with van der Waals surface area (Å²) in [6, 6.07) is 0.538. The number of anilines is 1. The third kappa shape index (κ3) is 1.95. The van der Waals surface area contributed by atoms with Crippen LogP contribution in [0.25, 0.3) is 0 Å². The normalized spacial score (nSPS) is 23.2. The lowest BCUT2D eigenvalue weighted by Gasteiger charge is -2.32. The molecule has 1 aliphatic rings. The zero-order valence-electron chi connectivity index (χ0n) is 7.77. The number of hydrogen-bond donors (Lipinski definition) is 1. The van der Waals surface area contributed by atoms with Gasteiger partial charge in [0.1, 0.15) is 5.82 Å². The minimum atomic E-state index is 0.538. The van der Waals surface area contributed by atoms with Gasteiger partial charge in [-0.3, -0.25) is 4.98 Å². The fraction of sp³-hybridized carbons (Fsp3) is 0.556. The fourth-order valence-corrected chi connectivity index (χ4v) is 1.59. The maximum Gasteiger partial charge on any atom is 0.147 e. The number of nitrogens with one attached hydrogen (secondary N) is 1. The Kier molecular flexibility index (Phi) is 2.40. The van der Waals surface area contributed by atoms with Gasteiger partial charge in [-0.2, -0.15) is 0 Å². The molecule has 4 nitrogen and oxygen atoms in total. The molecule has 1 aromatic heterocycles. The SMILES string of the molecule is CC1CN(c2cnccn2)CCN1. The van der Waals surface area contributed by atoms with Gasteiger partial charge in [0.15, 0.2) is 0 Å². The van der Waals surface area contributed by atoms with Crippen LogP contribution in [0.2, 0.25) is 0 Å². The molecule has 1 aliphatic heterocycles. The fourth-order valence-electron chi connectivity index (χ4n) is 1.59. The lowest BCUT2D eigenvalue weighted by molar-refractivity contribution is 0.482. The first-order valence-electron chi connectivity index (χ1n) is 4.60. The van der Waals surface area contributed by atoms with Gasteiger partial charge >= 0.3 is 0 Å². The Balaban J connectivity index is 2.08. The monoisotopic (exact) mass is 178 g/mol. The van der Waals surface area contributed by atoms with E-state index in [1.807, 2.05) is 6.20 Å². The molecule has 0 saturated carbocycles. The highest BCUT2D eigenvalue weighted by atomic mass is 15.2. The van der Waals surface area contributed by atoms with E-state index in [-0.39, 0.29) is 0 Å². The first-order chi connectivity index (χ1) is 6.36. The molecule has 2 rings (SSSR count). The summed E-state index contributed by atoms with van der Waals surface area (Å²) in [6.45, 7) is 5.24. The topological polar surface area (TPSA) is 41.1 Å². The number of rotatable bonds is 1. The maximum absolute atomic E-state index is 4.27. The first-order valence-corrected chi connectivity index (χ1v) is 4.60. The van der Waals surface area contributed by atoms with Gasteiger partial charge in [-0.1, -0.05) is 0 Å². The summed E-state index contributed by atoms with van der Waals surface area (Å²) in [5, 5.41) is 3.39. The lowest BCUT2D eigenvalue weighted by atomic mass is 10.2. The van der Waals surface area contributed by atoms with Gasteiger partial charge in [0.25, 0.3) is 0 Å². The number of nitrogens with zero attached hydrogens (tertiary/aromatic N) is 3. The van der Waals surface area contributed by atoms with Crippen molar-refractivity contribution in [2.24, 2.45) is 0 Å². The Morgan fingerprint density at radius 1 is 1.54 bits per heavy atom. The van der Waals surface area contributed by atoms with Crippen LogP contribution in [-0.2, 0) is 0 Å². The number of aromatic nitrogens is 2. The molecule has 0 spiro atoms. The predicted molar refractivity (Wildman–Crippen MR) is 51.7 cm³/mol. The predicted octanol–water partition coefficient (Wildman–Crippen LogP) is 0.275. The summed E-state index contributed by atoms with van der Waals surface area (Å²) in [5.41, 5.74) is 0. The molecule has 0 radical (unpaired) electrons. The van der Waals surface area contributed by atoms with E-state index in [4.69, 9.17) is 0 Å². The van der Waals surface area contributed by atoms with Gasteiger partial charge in [-0.25, -0.2) is 4.98 Å². The molecule has 4 heteroatoms. The summed E-state index contributed by atoms with van der Waals surface area (Å²) in [4.78, 5) is 10.6. The summed E-state index contributed by atoms with van der Waals surface area (Å²) in [5.74, 6) is 0.982. The zero-order valence-corrected chi connectivity index (χ0v) is 7.77. The van der Waals surface area contributed by atoms with Crippen molar-refractivity contribution in [3.05, 3.63) is 18.6 Å². The van der Waals surface area contributed by atoms with Crippen LogP contribution in [0, 0.1) is 0 Å². The van der Waals surface area contributed by atoms with E-state index in [1.54, 1.807) is 12.4 Å². The smallest absolute Gasteiger partial charge is 0.147 e. The van der Waals surface area contributed by atoms with E-state index in [2.05, 4.69) is 27.1 Å². The molecule has 2 heterocycles. The second-order valence-corrected chi connectivity index (χ2v) is 3.36. The molecule has 0 aliphatic carbocycles. The highest BCUT2D eigenvalue weighted by Crippen LogP contribution is 2.09. The van der Waals surface area contributed by atoms with Crippen molar-refractivity contribution >= 4 is 5.82 Å². The Hall–Kier alpha value is -1.16. The summed E-state index contributed by atoms with van der Waals surface area (Å²) in [7, 11) is 0. The lowest BCUT2D eigenvalue weighted by Crippen LogP contribution is -2.49. The van der Waals surface area contributed by atoms with Gasteiger partial charge in [0.05, 0.1) is 6.20 Å². The minimum absolute atomic E-state index is 0.538. The molecule has 0 bridgehead atoms. The zero-order chi connectivity index (χ0) is 9.10. The number of piperazine rings is 1.